The molecule has 0 bridgehead atoms. The molecule has 2 aliphatic rings. The van der Waals surface area contributed by atoms with Crippen molar-refractivity contribution in [2.75, 3.05) is 20.1 Å². The van der Waals surface area contributed by atoms with Crippen LogP contribution in [0.1, 0.15) is 33.1 Å². The summed E-state index contributed by atoms with van der Waals surface area (Å²) >= 11 is 0. The number of rotatable bonds is 1. The lowest BCUT2D eigenvalue weighted by atomic mass is 9.55. The average Bonchev–Trinajstić information content (AvgIpc) is 1.95. The molecule has 1 aliphatic carbocycles. The number of hydrogen-bond donors (Lipinski definition) is 0. The van der Waals surface area contributed by atoms with Crippen LogP contribution in [0.25, 0.3) is 0 Å². The zero-order valence-electron chi connectivity index (χ0n) is 9.89. The molecule has 2 rings (SSSR count). The first-order valence-electron chi connectivity index (χ1n) is 5.88. The third-order valence-corrected chi connectivity index (χ3v) is 4.07. The molecule has 1 saturated heterocycles. The van der Waals surface area contributed by atoms with Crippen molar-refractivity contribution in [3.05, 3.63) is 0 Å². The van der Waals surface area contributed by atoms with Crippen LogP contribution in [-0.2, 0) is 0 Å². The van der Waals surface area contributed by atoms with Crippen molar-refractivity contribution >= 4 is 0 Å². The van der Waals surface area contributed by atoms with E-state index in [9.17, 15) is 8.78 Å². The van der Waals surface area contributed by atoms with Gasteiger partial charge in [-0.05, 0) is 37.1 Å². The topological polar surface area (TPSA) is 3.24 Å². The van der Waals surface area contributed by atoms with Crippen LogP contribution >= 0.6 is 0 Å². The Labute approximate surface area is 90.8 Å². The standard InChI is InChI=1S/C12H21F2N/c1-9(2)10-4-11(5-10)6-12(13,14)8-15(3)7-11/h9-10H,4-8H2,1-3H3. The highest BCUT2D eigenvalue weighted by Gasteiger charge is 2.54. The summed E-state index contributed by atoms with van der Waals surface area (Å²) in [5.74, 6) is -1.14. The van der Waals surface area contributed by atoms with Crippen LogP contribution in [0.3, 0.4) is 0 Å². The van der Waals surface area contributed by atoms with E-state index in [0.29, 0.717) is 11.8 Å². The molecule has 1 heterocycles. The fourth-order valence-electron chi connectivity index (χ4n) is 3.48. The maximum atomic E-state index is 13.5. The molecular formula is C12H21F2N. The number of piperidine rings is 1. The van der Waals surface area contributed by atoms with Crippen LogP contribution < -0.4 is 0 Å². The Hall–Kier alpha value is -0.180. The minimum absolute atomic E-state index is 0.0545. The predicted octanol–water partition coefficient (Wildman–Crippen LogP) is 3.01. The number of halogens is 2. The highest BCUT2D eigenvalue weighted by atomic mass is 19.3. The zero-order valence-corrected chi connectivity index (χ0v) is 9.89. The van der Waals surface area contributed by atoms with Gasteiger partial charge in [0.25, 0.3) is 5.92 Å². The van der Waals surface area contributed by atoms with Crippen LogP contribution in [0, 0.1) is 17.3 Å². The van der Waals surface area contributed by atoms with Gasteiger partial charge in [0.2, 0.25) is 0 Å². The van der Waals surface area contributed by atoms with Crippen molar-refractivity contribution in [3.8, 4) is 0 Å². The van der Waals surface area contributed by atoms with Gasteiger partial charge >= 0.3 is 0 Å². The monoisotopic (exact) mass is 217 g/mol. The van der Waals surface area contributed by atoms with Crippen molar-refractivity contribution in [2.45, 2.75) is 39.0 Å². The van der Waals surface area contributed by atoms with Gasteiger partial charge in [-0.2, -0.15) is 0 Å². The Morgan fingerprint density at radius 3 is 2.27 bits per heavy atom. The lowest BCUT2D eigenvalue weighted by molar-refractivity contribution is -0.151. The summed E-state index contributed by atoms with van der Waals surface area (Å²) in [7, 11) is 1.82. The normalized spacial score (nSPS) is 40.8. The molecule has 0 aromatic carbocycles. The summed E-state index contributed by atoms with van der Waals surface area (Å²) in [6.45, 7) is 5.21. The van der Waals surface area contributed by atoms with E-state index in [1.165, 1.54) is 0 Å². The second-order valence-corrected chi connectivity index (χ2v) is 6.12. The Morgan fingerprint density at radius 2 is 1.80 bits per heavy atom. The summed E-state index contributed by atoms with van der Waals surface area (Å²) < 4.78 is 26.9. The first-order valence-corrected chi connectivity index (χ1v) is 5.88. The molecule has 2 fully saturated rings. The second kappa shape index (κ2) is 3.41. The number of likely N-dealkylation sites (tertiary alicyclic amines) is 1. The minimum atomic E-state index is -2.46. The highest BCUT2D eigenvalue weighted by Crippen LogP contribution is 2.56. The summed E-state index contributed by atoms with van der Waals surface area (Å²) in [5.41, 5.74) is -0.0641. The number of alkyl halides is 2. The van der Waals surface area contributed by atoms with Crippen molar-refractivity contribution in [3.63, 3.8) is 0 Å². The van der Waals surface area contributed by atoms with Crippen LogP contribution in [0.15, 0.2) is 0 Å². The molecule has 1 saturated carbocycles. The molecule has 1 aliphatic heterocycles. The largest absolute Gasteiger partial charge is 0.300 e. The molecule has 0 radical (unpaired) electrons. The molecule has 15 heavy (non-hydrogen) atoms. The zero-order chi connectivity index (χ0) is 11.3. The predicted molar refractivity (Wildman–Crippen MR) is 57.1 cm³/mol. The Morgan fingerprint density at radius 1 is 1.20 bits per heavy atom. The first-order chi connectivity index (χ1) is 6.82. The Bertz CT molecular complexity index is 244. The Kier molecular flexibility index (Phi) is 2.57. The van der Waals surface area contributed by atoms with Gasteiger partial charge in [-0.3, -0.25) is 0 Å². The Balaban J connectivity index is 2.00. The third-order valence-electron chi connectivity index (χ3n) is 4.07. The fraction of sp³-hybridized carbons (Fsp3) is 1.00. The van der Waals surface area contributed by atoms with E-state index in [4.69, 9.17) is 0 Å². The van der Waals surface area contributed by atoms with Gasteiger partial charge in [-0.15, -0.1) is 0 Å². The van der Waals surface area contributed by atoms with Gasteiger partial charge in [-0.1, -0.05) is 13.8 Å². The first kappa shape index (κ1) is 11.3. The molecule has 0 aromatic rings. The van der Waals surface area contributed by atoms with E-state index < -0.39 is 5.92 Å². The van der Waals surface area contributed by atoms with Crippen LogP contribution in [0.2, 0.25) is 0 Å². The molecule has 0 N–H and O–H groups in total. The molecule has 0 unspecified atom stereocenters. The smallest absolute Gasteiger partial charge is 0.261 e. The molecule has 0 atom stereocenters. The molecule has 1 nitrogen and oxygen atoms in total. The summed E-state index contributed by atoms with van der Waals surface area (Å²) in [4.78, 5) is 1.81. The van der Waals surface area contributed by atoms with Gasteiger partial charge in [0.05, 0.1) is 6.54 Å². The van der Waals surface area contributed by atoms with Gasteiger partial charge in [0.15, 0.2) is 0 Å². The number of hydrogen-bond acceptors (Lipinski definition) is 1. The van der Waals surface area contributed by atoms with Crippen molar-refractivity contribution in [1.29, 1.82) is 0 Å². The van der Waals surface area contributed by atoms with Crippen molar-refractivity contribution in [2.24, 2.45) is 17.3 Å². The van der Waals surface area contributed by atoms with E-state index in [-0.39, 0.29) is 18.4 Å². The SMILES string of the molecule is CC(C)C1CC2(C1)CN(C)CC(F)(F)C2. The summed E-state index contributed by atoms with van der Waals surface area (Å²) in [6.07, 6.45) is 2.13. The van der Waals surface area contributed by atoms with Crippen LogP contribution in [-0.4, -0.2) is 31.0 Å². The molecule has 0 amide bonds. The molecule has 88 valence electrons. The summed E-state index contributed by atoms with van der Waals surface area (Å²) in [5, 5.41) is 0. The molecular weight excluding hydrogens is 196 g/mol. The van der Waals surface area contributed by atoms with Crippen molar-refractivity contribution in [1.82, 2.24) is 4.90 Å². The second-order valence-electron chi connectivity index (χ2n) is 6.12. The van der Waals surface area contributed by atoms with Gasteiger partial charge in [-0.25, -0.2) is 8.78 Å². The maximum Gasteiger partial charge on any atom is 0.261 e. The molecule has 0 aromatic heterocycles. The van der Waals surface area contributed by atoms with Crippen molar-refractivity contribution < 1.29 is 8.78 Å². The van der Waals surface area contributed by atoms with E-state index in [1.54, 1.807) is 4.90 Å². The third kappa shape index (κ3) is 2.17. The van der Waals surface area contributed by atoms with Crippen LogP contribution in [0.4, 0.5) is 8.78 Å². The average molecular weight is 217 g/mol. The van der Waals surface area contributed by atoms with Gasteiger partial charge in [0.1, 0.15) is 0 Å². The maximum absolute atomic E-state index is 13.5. The van der Waals surface area contributed by atoms with Gasteiger partial charge < -0.3 is 4.90 Å². The quantitative estimate of drug-likeness (QED) is 0.652. The highest BCUT2D eigenvalue weighted by molar-refractivity contribution is 5.02. The lowest BCUT2D eigenvalue weighted by Gasteiger charge is -2.55. The lowest BCUT2D eigenvalue weighted by Crippen LogP contribution is -2.56. The van der Waals surface area contributed by atoms with E-state index in [0.717, 1.165) is 19.4 Å². The minimum Gasteiger partial charge on any atom is -0.300 e. The van der Waals surface area contributed by atoms with Gasteiger partial charge in [0, 0.05) is 13.0 Å². The molecule has 1 spiro atoms. The van der Waals surface area contributed by atoms with E-state index >= 15 is 0 Å². The number of nitrogens with zero attached hydrogens (tertiary/aromatic N) is 1. The van der Waals surface area contributed by atoms with E-state index in [2.05, 4.69) is 13.8 Å². The summed E-state index contributed by atoms with van der Waals surface area (Å²) in [6, 6.07) is 0. The molecule has 3 heteroatoms. The van der Waals surface area contributed by atoms with Crippen LogP contribution in [0.5, 0.6) is 0 Å². The van der Waals surface area contributed by atoms with E-state index in [1.807, 2.05) is 7.05 Å². The fourth-order valence-corrected chi connectivity index (χ4v) is 3.48.